The maximum Gasteiger partial charge on any atom is 0.288 e. The molecule has 7 heteroatoms. The van der Waals surface area contributed by atoms with Gasteiger partial charge >= 0.3 is 0 Å². The molecule has 0 saturated carbocycles. The van der Waals surface area contributed by atoms with Crippen LogP contribution in [0.25, 0.3) is 0 Å². The molecule has 116 valence electrons. The van der Waals surface area contributed by atoms with E-state index in [9.17, 15) is 4.79 Å². The summed E-state index contributed by atoms with van der Waals surface area (Å²) in [5.41, 5.74) is 6.31. The van der Waals surface area contributed by atoms with Crippen molar-refractivity contribution in [3.05, 3.63) is 42.2 Å². The summed E-state index contributed by atoms with van der Waals surface area (Å²) in [7, 11) is 0. The molecule has 0 aromatic carbocycles. The lowest BCUT2D eigenvalue weighted by Crippen LogP contribution is -2.38. The molecule has 3 rings (SSSR count). The first-order valence-electron chi connectivity index (χ1n) is 7.55. The third-order valence-electron chi connectivity index (χ3n) is 3.99. The van der Waals surface area contributed by atoms with Gasteiger partial charge in [-0.05, 0) is 31.5 Å². The van der Waals surface area contributed by atoms with Crippen molar-refractivity contribution in [1.82, 2.24) is 24.6 Å². The molecule has 0 bridgehead atoms. The highest BCUT2D eigenvalue weighted by Crippen LogP contribution is 2.20. The number of nitrogens with two attached hydrogens (primary N) is 1. The van der Waals surface area contributed by atoms with Crippen LogP contribution in [0, 0.1) is 0 Å². The average molecular weight is 300 g/mol. The van der Waals surface area contributed by atoms with Crippen LogP contribution in [-0.4, -0.2) is 50.2 Å². The van der Waals surface area contributed by atoms with E-state index in [1.54, 1.807) is 11.0 Å². The van der Waals surface area contributed by atoms with Crippen LogP contribution < -0.4 is 5.73 Å². The SMILES string of the molecule is NC(=O)c1ncn([C@H]2CCCN(CCc3ccccn3)C2)n1. The molecule has 1 amide bonds. The fourth-order valence-electron chi connectivity index (χ4n) is 2.83. The number of hydrogen-bond acceptors (Lipinski definition) is 5. The van der Waals surface area contributed by atoms with Crippen molar-refractivity contribution in [3.63, 3.8) is 0 Å². The maximum absolute atomic E-state index is 11.1. The van der Waals surface area contributed by atoms with Gasteiger partial charge in [0.2, 0.25) is 5.82 Å². The van der Waals surface area contributed by atoms with Crippen LogP contribution in [0.5, 0.6) is 0 Å². The molecule has 0 spiro atoms. The predicted octanol–water partition coefficient (Wildman–Crippen LogP) is 0.652. The molecule has 1 aliphatic heterocycles. The van der Waals surface area contributed by atoms with Gasteiger partial charge in [-0.25, -0.2) is 9.67 Å². The quantitative estimate of drug-likeness (QED) is 0.875. The van der Waals surface area contributed by atoms with Gasteiger partial charge in [0.25, 0.3) is 5.91 Å². The number of hydrogen-bond donors (Lipinski definition) is 1. The molecule has 2 aromatic heterocycles. The Hall–Kier alpha value is -2.28. The van der Waals surface area contributed by atoms with Crippen LogP contribution >= 0.6 is 0 Å². The minimum Gasteiger partial charge on any atom is -0.363 e. The Morgan fingerprint density at radius 3 is 3.00 bits per heavy atom. The molecule has 0 radical (unpaired) electrons. The molecule has 0 aliphatic carbocycles. The zero-order valence-electron chi connectivity index (χ0n) is 12.4. The van der Waals surface area contributed by atoms with Gasteiger partial charge in [-0.3, -0.25) is 9.78 Å². The van der Waals surface area contributed by atoms with Crippen LogP contribution in [0.2, 0.25) is 0 Å². The number of aromatic nitrogens is 4. The molecule has 7 nitrogen and oxygen atoms in total. The third kappa shape index (κ3) is 3.48. The average Bonchev–Trinajstić information content (AvgIpc) is 3.05. The van der Waals surface area contributed by atoms with E-state index in [1.165, 1.54) is 0 Å². The number of piperidine rings is 1. The molecule has 2 aromatic rings. The maximum atomic E-state index is 11.1. The second-order valence-electron chi connectivity index (χ2n) is 5.58. The largest absolute Gasteiger partial charge is 0.363 e. The lowest BCUT2D eigenvalue weighted by molar-refractivity contribution is 0.0989. The number of pyridine rings is 1. The van der Waals surface area contributed by atoms with Gasteiger partial charge in [-0.1, -0.05) is 6.07 Å². The smallest absolute Gasteiger partial charge is 0.288 e. The van der Waals surface area contributed by atoms with Gasteiger partial charge in [0.15, 0.2) is 0 Å². The number of rotatable bonds is 5. The highest BCUT2D eigenvalue weighted by molar-refractivity contribution is 5.88. The van der Waals surface area contributed by atoms with E-state index in [1.807, 2.05) is 18.3 Å². The van der Waals surface area contributed by atoms with E-state index in [-0.39, 0.29) is 11.9 Å². The second kappa shape index (κ2) is 6.65. The monoisotopic (exact) mass is 300 g/mol. The Morgan fingerprint density at radius 2 is 2.27 bits per heavy atom. The highest BCUT2D eigenvalue weighted by atomic mass is 16.1. The van der Waals surface area contributed by atoms with Gasteiger partial charge in [0.05, 0.1) is 6.04 Å². The Bertz CT molecular complexity index is 626. The summed E-state index contributed by atoms with van der Waals surface area (Å²) < 4.78 is 1.77. The molecule has 1 aliphatic rings. The number of nitrogens with zero attached hydrogens (tertiary/aromatic N) is 5. The molecule has 22 heavy (non-hydrogen) atoms. The van der Waals surface area contributed by atoms with Gasteiger partial charge in [0, 0.05) is 31.4 Å². The first kappa shape index (κ1) is 14.6. The lowest BCUT2D eigenvalue weighted by atomic mass is 10.1. The Labute approximate surface area is 129 Å². The molecular formula is C15H20N6O. The standard InChI is InChI=1S/C15H20N6O/c16-14(22)15-18-11-21(19-15)13-5-3-8-20(10-13)9-6-12-4-1-2-7-17-12/h1-2,4,7,11,13H,3,5-6,8-10H2,(H2,16,22)/t13-/m0/s1. The predicted molar refractivity (Wildman–Crippen MR) is 81.2 cm³/mol. The van der Waals surface area contributed by atoms with Gasteiger partial charge < -0.3 is 10.6 Å². The second-order valence-corrected chi connectivity index (χ2v) is 5.58. The number of likely N-dealkylation sites (tertiary alicyclic amines) is 1. The van der Waals surface area contributed by atoms with Crippen molar-refractivity contribution in [2.75, 3.05) is 19.6 Å². The highest BCUT2D eigenvalue weighted by Gasteiger charge is 2.22. The minimum absolute atomic E-state index is 0.0885. The van der Waals surface area contributed by atoms with Crippen molar-refractivity contribution < 1.29 is 4.79 Å². The summed E-state index contributed by atoms with van der Waals surface area (Å²) in [4.78, 5) is 21.8. The zero-order chi connectivity index (χ0) is 15.4. The first-order valence-corrected chi connectivity index (χ1v) is 7.55. The van der Waals surface area contributed by atoms with E-state index in [0.29, 0.717) is 0 Å². The Morgan fingerprint density at radius 1 is 1.36 bits per heavy atom. The summed E-state index contributed by atoms with van der Waals surface area (Å²) in [6.07, 6.45) is 6.53. The van der Waals surface area contributed by atoms with Crippen LogP contribution in [-0.2, 0) is 6.42 Å². The molecule has 3 heterocycles. The molecule has 1 atom stereocenters. The fraction of sp³-hybridized carbons (Fsp3) is 0.467. The van der Waals surface area contributed by atoms with E-state index in [4.69, 9.17) is 5.73 Å². The topological polar surface area (TPSA) is 89.9 Å². The van der Waals surface area contributed by atoms with Crippen molar-refractivity contribution >= 4 is 5.91 Å². The molecular weight excluding hydrogens is 280 g/mol. The summed E-state index contributed by atoms with van der Waals surface area (Å²) in [6, 6.07) is 6.25. The molecule has 2 N–H and O–H groups in total. The van der Waals surface area contributed by atoms with Crippen molar-refractivity contribution in [1.29, 1.82) is 0 Å². The lowest BCUT2D eigenvalue weighted by Gasteiger charge is -2.32. The Balaban J connectivity index is 1.58. The van der Waals surface area contributed by atoms with Gasteiger partial charge in [-0.2, -0.15) is 0 Å². The number of primary amides is 1. The minimum atomic E-state index is -0.582. The molecule has 0 unspecified atom stereocenters. The van der Waals surface area contributed by atoms with Crippen LogP contribution in [0.1, 0.15) is 35.2 Å². The summed E-state index contributed by atoms with van der Waals surface area (Å²) in [5.74, 6) is -0.493. The fourth-order valence-corrected chi connectivity index (χ4v) is 2.83. The molecule has 1 saturated heterocycles. The van der Waals surface area contributed by atoms with Crippen molar-refractivity contribution in [2.45, 2.75) is 25.3 Å². The number of carbonyl (C=O) groups is 1. The van der Waals surface area contributed by atoms with Gasteiger partial charge in [-0.15, -0.1) is 5.10 Å². The summed E-state index contributed by atoms with van der Waals surface area (Å²) in [6.45, 7) is 2.97. The molecule has 1 fully saturated rings. The van der Waals surface area contributed by atoms with Crippen LogP contribution in [0.4, 0.5) is 0 Å². The third-order valence-corrected chi connectivity index (χ3v) is 3.99. The van der Waals surface area contributed by atoms with E-state index >= 15 is 0 Å². The zero-order valence-corrected chi connectivity index (χ0v) is 12.4. The van der Waals surface area contributed by atoms with Crippen molar-refractivity contribution in [3.8, 4) is 0 Å². The van der Waals surface area contributed by atoms with E-state index in [2.05, 4.69) is 26.0 Å². The van der Waals surface area contributed by atoms with Crippen molar-refractivity contribution in [2.24, 2.45) is 5.73 Å². The normalized spacial score (nSPS) is 19.2. The number of carbonyl (C=O) groups excluding carboxylic acids is 1. The van der Waals surface area contributed by atoms with Gasteiger partial charge in [0.1, 0.15) is 6.33 Å². The first-order chi connectivity index (χ1) is 10.7. The van der Waals surface area contributed by atoms with Crippen LogP contribution in [0.3, 0.4) is 0 Å². The van der Waals surface area contributed by atoms with E-state index in [0.717, 1.165) is 44.6 Å². The van der Waals surface area contributed by atoms with E-state index < -0.39 is 5.91 Å². The Kier molecular flexibility index (Phi) is 4.43. The summed E-state index contributed by atoms with van der Waals surface area (Å²) in [5, 5.41) is 4.18. The summed E-state index contributed by atoms with van der Waals surface area (Å²) >= 11 is 0. The number of amides is 1. The van der Waals surface area contributed by atoms with Crippen LogP contribution in [0.15, 0.2) is 30.7 Å².